The summed E-state index contributed by atoms with van der Waals surface area (Å²) in [6.07, 6.45) is 0.967. The number of methoxy groups -OCH3 is 1. The molecule has 0 aliphatic rings. The van der Waals surface area contributed by atoms with Gasteiger partial charge in [0.05, 0.1) is 19.0 Å². The van der Waals surface area contributed by atoms with Crippen LogP contribution in [0.25, 0.3) is 5.69 Å². The Kier molecular flexibility index (Phi) is 5.28. The maximum atomic E-state index is 13.5. The summed E-state index contributed by atoms with van der Waals surface area (Å²) in [7, 11) is 1.57. The largest absolute Gasteiger partial charge is 0.494 e. The second-order valence-corrected chi connectivity index (χ2v) is 7.68. The Morgan fingerprint density at radius 2 is 2.00 bits per heavy atom. The number of aromatic carboxylic acids is 1. The molecule has 29 heavy (non-hydrogen) atoms. The predicted molar refractivity (Wildman–Crippen MR) is 108 cm³/mol. The minimum absolute atomic E-state index is 0.0214. The first kappa shape index (κ1) is 20.3. The molecular formula is C21H23FN4O3. The number of halogens is 1. The Labute approximate surface area is 168 Å². The third-order valence-corrected chi connectivity index (χ3v) is 4.44. The maximum Gasteiger partial charge on any atom is 0.339 e. The summed E-state index contributed by atoms with van der Waals surface area (Å²) in [6, 6.07) is 8.38. The van der Waals surface area contributed by atoms with Crippen LogP contribution in [0.4, 0.5) is 16.0 Å². The molecule has 0 aliphatic carbocycles. The quantitative estimate of drug-likeness (QED) is 0.659. The topological polar surface area (TPSA) is 89.3 Å². The lowest BCUT2D eigenvalue weighted by molar-refractivity contribution is 0.0697. The van der Waals surface area contributed by atoms with Gasteiger partial charge in [-0.15, -0.1) is 0 Å². The second-order valence-electron chi connectivity index (χ2n) is 7.68. The van der Waals surface area contributed by atoms with Crippen molar-refractivity contribution in [3.05, 3.63) is 59.2 Å². The summed E-state index contributed by atoms with van der Waals surface area (Å²) in [4.78, 5) is 15.5. The van der Waals surface area contributed by atoms with E-state index in [1.165, 1.54) is 0 Å². The first-order valence-corrected chi connectivity index (χ1v) is 9.02. The fraction of sp³-hybridized carbons (Fsp3) is 0.286. The highest BCUT2D eigenvalue weighted by atomic mass is 19.1. The van der Waals surface area contributed by atoms with Gasteiger partial charge in [0.15, 0.2) is 0 Å². The average Bonchev–Trinajstić information content (AvgIpc) is 3.06. The Morgan fingerprint density at radius 3 is 2.62 bits per heavy atom. The van der Waals surface area contributed by atoms with Gasteiger partial charge in [-0.25, -0.2) is 18.9 Å². The minimum atomic E-state index is -1.28. The number of para-hydroxylation sites is 1. The molecule has 2 N–H and O–H groups in total. The van der Waals surface area contributed by atoms with Crippen LogP contribution in [0.2, 0.25) is 0 Å². The van der Waals surface area contributed by atoms with Gasteiger partial charge in [0.2, 0.25) is 0 Å². The molecule has 0 saturated carbocycles. The van der Waals surface area contributed by atoms with Crippen LogP contribution in [0.3, 0.4) is 0 Å². The van der Waals surface area contributed by atoms with Crippen molar-refractivity contribution >= 4 is 17.6 Å². The van der Waals surface area contributed by atoms with Crippen LogP contribution in [0.15, 0.2) is 36.5 Å². The van der Waals surface area contributed by atoms with Gasteiger partial charge in [-0.2, -0.15) is 5.10 Å². The Hall–Kier alpha value is -3.42. The fourth-order valence-corrected chi connectivity index (χ4v) is 2.90. The smallest absolute Gasteiger partial charge is 0.339 e. The average molecular weight is 398 g/mol. The number of carboxylic acid groups (broad SMARTS) is 1. The van der Waals surface area contributed by atoms with Crippen LogP contribution in [0.5, 0.6) is 5.75 Å². The number of hydrogen-bond donors (Lipinski definition) is 2. The van der Waals surface area contributed by atoms with E-state index in [4.69, 9.17) is 9.84 Å². The zero-order valence-corrected chi connectivity index (χ0v) is 16.9. The molecule has 3 rings (SSSR count). The minimum Gasteiger partial charge on any atom is -0.494 e. The zero-order valence-electron chi connectivity index (χ0n) is 16.9. The molecule has 0 spiro atoms. The van der Waals surface area contributed by atoms with Crippen molar-refractivity contribution in [2.45, 2.75) is 33.1 Å². The second kappa shape index (κ2) is 7.54. The van der Waals surface area contributed by atoms with Crippen LogP contribution in [-0.2, 0) is 5.41 Å². The SMILES string of the molecule is COc1cccc(C)c1-n1nc(C(C)(C)C)cc1Nc1ncc(F)cc1C(=O)O. The summed E-state index contributed by atoms with van der Waals surface area (Å²) < 4.78 is 20.7. The van der Waals surface area contributed by atoms with Crippen LogP contribution in [0.1, 0.15) is 42.4 Å². The van der Waals surface area contributed by atoms with E-state index < -0.39 is 11.8 Å². The van der Waals surface area contributed by atoms with Crippen LogP contribution in [-0.4, -0.2) is 33.0 Å². The van der Waals surface area contributed by atoms with Crippen molar-refractivity contribution in [2.75, 3.05) is 12.4 Å². The summed E-state index contributed by atoms with van der Waals surface area (Å²) in [5.41, 5.74) is 1.88. The normalized spacial score (nSPS) is 11.4. The van der Waals surface area contributed by atoms with Gasteiger partial charge in [-0.05, 0) is 24.6 Å². The van der Waals surface area contributed by atoms with E-state index in [1.807, 2.05) is 52.0 Å². The molecule has 1 aromatic carbocycles. The molecule has 0 saturated heterocycles. The fourth-order valence-electron chi connectivity index (χ4n) is 2.90. The van der Waals surface area contributed by atoms with Crippen molar-refractivity contribution in [2.24, 2.45) is 0 Å². The lowest BCUT2D eigenvalue weighted by atomic mass is 9.92. The Morgan fingerprint density at radius 1 is 1.28 bits per heavy atom. The van der Waals surface area contributed by atoms with Crippen molar-refractivity contribution < 1.29 is 19.0 Å². The third kappa shape index (κ3) is 4.06. The third-order valence-electron chi connectivity index (χ3n) is 4.44. The van der Waals surface area contributed by atoms with Gasteiger partial charge < -0.3 is 15.2 Å². The number of anilines is 2. The molecule has 0 bridgehead atoms. The standard InChI is InChI=1S/C21H23FN4O3/c1-12-7-6-8-15(29-5)18(12)26-17(10-16(25-26)21(2,3)4)24-19-14(20(27)28)9-13(22)11-23-19/h6-11H,1-5H3,(H,23,24)(H,27,28). The molecule has 0 atom stereocenters. The molecule has 8 heteroatoms. The van der Waals surface area contributed by atoms with Crippen molar-refractivity contribution in [1.82, 2.24) is 14.8 Å². The molecule has 152 valence electrons. The zero-order chi connectivity index (χ0) is 21.3. The van der Waals surface area contributed by atoms with Crippen molar-refractivity contribution in [3.63, 3.8) is 0 Å². The van der Waals surface area contributed by atoms with Gasteiger partial charge in [0, 0.05) is 11.5 Å². The molecule has 3 aromatic rings. The number of aromatic nitrogens is 3. The monoisotopic (exact) mass is 398 g/mol. The number of nitrogens with one attached hydrogen (secondary N) is 1. The van der Waals surface area contributed by atoms with Gasteiger partial charge in [0.1, 0.15) is 34.5 Å². The summed E-state index contributed by atoms with van der Waals surface area (Å²) >= 11 is 0. The van der Waals surface area contributed by atoms with E-state index in [1.54, 1.807) is 11.8 Å². The molecule has 0 radical (unpaired) electrons. The van der Waals surface area contributed by atoms with E-state index in [0.717, 1.165) is 23.5 Å². The number of carbonyl (C=O) groups is 1. The summed E-state index contributed by atoms with van der Waals surface area (Å²) in [5, 5.41) is 17.2. The molecular weight excluding hydrogens is 375 g/mol. The van der Waals surface area contributed by atoms with Crippen molar-refractivity contribution in [3.8, 4) is 11.4 Å². The van der Waals surface area contributed by atoms with E-state index in [2.05, 4.69) is 10.3 Å². The number of nitrogens with zero attached hydrogens (tertiary/aromatic N) is 3. The highest BCUT2D eigenvalue weighted by Gasteiger charge is 2.24. The lowest BCUT2D eigenvalue weighted by Crippen LogP contribution is -2.13. The van der Waals surface area contributed by atoms with Gasteiger partial charge in [-0.1, -0.05) is 32.9 Å². The maximum absolute atomic E-state index is 13.5. The van der Waals surface area contributed by atoms with Crippen LogP contribution >= 0.6 is 0 Å². The molecule has 2 heterocycles. The lowest BCUT2D eigenvalue weighted by Gasteiger charge is -2.16. The van der Waals surface area contributed by atoms with E-state index in [0.29, 0.717) is 17.3 Å². The highest BCUT2D eigenvalue weighted by Crippen LogP contribution is 2.33. The number of carboxylic acids is 1. The molecule has 0 unspecified atom stereocenters. The van der Waals surface area contributed by atoms with Gasteiger partial charge >= 0.3 is 5.97 Å². The van der Waals surface area contributed by atoms with E-state index in [9.17, 15) is 14.3 Å². The molecule has 0 fully saturated rings. The number of benzene rings is 1. The first-order valence-electron chi connectivity index (χ1n) is 9.02. The molecule has 0 aliphatic heterocycles. The number of ether oxygens (including phenoxy) is 1. The molecule has 0 amide bonds. The summed E-state index contributed by atoms with van der Waals surface area (Å²) in [5.74, 6) is -0.883. The summed E-state index contributed by atoms with van der Waals surface area (Å²) in [6.45, 7) is 8.00. The van der Waals surface area contributed by atoms with E-state index in [-0.39, 0.29) is 16.8 Å². The van der Waals surface area contributed by atoms with Crippen LogP contribution in [0, 0.1) is 12.7 Å². The number of hydrogen-bond acceptors (Lipinski definition) is 5. The first-order chi connectivity index (χ1) is 13.6. The Bertz CT molecular complexity index is 1070. The van der Waals surface area contributed by atoms with Gasteiger partial charge in [-0.3, -0.25) is 0 Å². The van der Waals surface area contributed by atoms with Crippen LogP contribution < -0.4 is 10.1 Å². The predicted octanol–water partition coefficient (Wildman–Crippen LogP) is 4.46. The van der Waals surface area contributed by atoms with Gasteiger partial charge in [0.25, 0.3) is 0 Å². The molecule has 7 nitrogen and oxygen atoms in total. The number of rotatable bonds is 5. The molecule has 2 aromatic heterocycles. The number of pyridine rings is 1. The van der Waals surface area contributed by atoms with E-state index >= 15 is 0 Å². The number of aryl methyl sites for hydroxylation is 1. The Balaban J connectivity index is 2.21. The van der Waals surface area contributed by atoms with Crippen molar-refractivity contribution in [1.29, 1.82) is 0 Å². The highest BCUT2D eigenvalue weighted by molar-refractivity contribution is 5.93.